The number of amides is 1. The van der Waals surface area contributed by atoms with Gasteiger partial charge in [-0.25, -0.2) is 0 Å². The SMILES string of the molecule is COc1ccc(C=C2SC(=S)N(C3CCCCC3)C2=O)c(OC)c1OC. The van der Waals surface area contributed by atoms with Crippen molar-refractivity contribution in [1.82, 2.24) is 4.90 Å². The van der Waals surface area contributed by atoms with Crippen molar-refractivity contribution in [3.63, 3.8) is 0 Å². The van der Waals surface area contributed by atoms with Gasteiger partial charge in [-0.1, -0.05) is 43.2 Å². The molecule has 1 saturated heterocycles. The third-order valence-corrected chi connectivity index (χ3v) is 6.12. The van der Waals surface area contributed by atoms with Gasteiger partial charge in [-0.15, -0.1) is 0 Å². The van der Waals surface area contributed by atoms with Crippen LogP contribution in [-0.2, 0) is 4.79 Å². The Labute approximate surface area is 163 Å². The fourth-order valence-electron chi connectivity index (χ4n) is 3.51. The van der Waals surface area contributed by atoms with Crippen molar-refractivity contribution in [2.24, 2.45) is 0 Å². The van der Waals surface area contributed by atoms with Crippen LogP contribution in [0.25, 0.3) is 6.08 Å². The van der Waals surface area contributed by atoms with E-state index in [2.05, 4.69) is 0 Å². The van der Waals surface area contributed by atoms with Crippen LogP contribution in [0, 0.1) is 0 Å². The Hall–Kier alpha value is -1.73. The lowest BCUT2D eigenvalue weighted by Crippen LogP contribution is -2.39. The normalized spacial score (nSPS) is 20.0. The van der Waals surface area contributed by atoms with Crippen molar-refractivity contribution in [3.05, 3.63) is 22.6 Å². The van der Waals surface area contributed by atoms with Gasteiger partial charge < -0.3 is 14.2 Å². The number of thioether (sulfide) groups is 1. The molecule has 2 aliphatic rings. The van der Waals surface area contributed by atoms with E-state index < -0.39 is 0 Å². The number of hydrogen-bond donors (Lipinski definition) is 0. The third-order valence-electron chi connectivity index (χ3n) is 4.78. The molecule has 1 heterocycles. The molecule has 0 radical (unpaired) electrons. The van der Waals surface area contributed by atoms with Crippen LogP contribution in [0.15, 0.2) is 17.0 Å². The molecule has 26 heavy (non-hydrogen) atoms. The number of methoxy groups -OCH3 is 3. The Balaban J connectivity index is 1.93. The number of thiocarbonyl (C=S) groups is 1. The van der Waals surface area contributed by atoms with Crippen LogP contribution in [0.2, 0.25) is 0 Å². The van der Waals surface area contributed by atoms with Crippen LogP contribution < -0.4 is 14.2 Å². The van der Waals surface area contributed by atoms with E-state index in [1.807, 2.05) is 12.1 Å². The minimum atomic E-state index is -0.0104. The van der Waals surface area contributed by atoms with E-state index in [1.165, 1.54) is 18.2 Å². The fourth-order valence-corrected chi connectivity index (χ4v) is 4.90. The average molecular weight is 394 g/mol. The monoisotopic (exact) mass is 393 g/mol. The minimum Gasteiger partial charge on any atom is -0.493 e. The molecule has 5 nitrogen and oxygen atoms in total. The third kappa shape index (κ3) is 3.55. The summed E-state index contributed by atoms with van der Waals surface area (Å²) in [7, 11) is 4.71. The quantitative estimate of drug-likeness (QED) is 0.551. The largest absolute Gasteiger partial charge is 0.493 e. The van der Waals surface area contributed by atoms with Crippen LogP contribution in [0.5, 0.6) is 17.2 Å². The van der Waals surface area contributed by atoms with Crippen molar-refractivity contribution in [1.29, 1.82) is 0 Å². The summed E-state index contributed by atoms with van der Waals surface area (Å²) >= 11 is 6.85. The maximum atomic E-state index is 12.9. The van der Waals surface area contributed by atoms with Gasteiger partial charge in [-0.05, 0) is 31.1 Å². The maximum Gasteiger partial charge on any atom is 0.266 e. The van der Waals surface area contributed by atoms with Crippen LogP contribution in [0.4, 0.5) is 0 Å². The molecular weight excluding hydrogens is 370 g/mol. The fraction of sp³-hybridized carbons (Fsp3) is 0.474. The molecule has 1 aromatic rings. The van der Waals surface area contributed by atoms with Gasteiger partial charge >= 0.3 is 0 Å². The number of carbonyl (C=O) groups is 1. The van der Waals surface area contributed by atoms with E-state index in [0.717, 1.165) is 31.2 Å². The highest BCUT2D eigenvalue weighted by molar-refractivity contribution is 8.26. The highest BCUT2D eigenvalue weighted by Gasteiger charge is 2.37. The Bertz CT molecular complexity index is 741. The van der Waals surface area contributed by atoms with Gasteiger partial charge in [0, 0.05) is 11.6 Å². The Kier molecular flexibility index (Phi) is 6.09. The molecule has 1 aliphatic heterocycles. The maximum absolute atomic E-state index is 12.9. The highest BCUT2D eigenvalue weighted by atomic mass is 32.2. The molecule has 0 spiro atoms. The molecule has 1 aliphatic carbocycles. The van der Waals surface area contributed by atoms with Crippen molar-refractivity contribution < 1.29 is 19.0 Å². The van der Waals surface area contributed by atoms with Gasteiger partial charge in [0.15, 0.2) is 11.5 Å². The summed E-state index contributed by atoms with van der Waals surface area (Å²) in [5.41, 5.74) is 0.759. The second kappa shape index (κ2) is 8.31. The van der Waals surface area contributed by atoms with Gasteiger partial charge in [-0.2, -0.15) is 0 Å². The molecule has 1 amide bonds. The summed E-state index contributed by atoms with van der Waals surface area (Å²) in [5.74, 6) is 1.61. The number of carbonyl (C=O) groups excluding carboxylic acids is 1. The lowest BCUT2D eigenvalue weighted by Gasteiger charge is -2.29. The second-order valence-electron chi connectivity index (χ2n) is 6.27. The van der Waals surface area contributed by atoms with Gasteiger partial charge in [0.1, 0.15) is 4.32 Å². The highest BCUT2D eigenvalue weighted by Crippen LogP contribution is 2.43. The predicted octanol–water partition coefficient (Wildman–Crippen LogP) is 4.25. The molecule has 2 fully saturated rings. The van der Waals surface area contributed by atoms with Crippen LogP contribution in [-0.4, -0.2) is 42.5 Å². The smallest absolute Gasteiger partial charge is 0.266 e. The van der Waals surface area contributed by atoms with E-state index in [9.17, 15) is 4.79 Å². The topological polar surface area (TPSA) is 48.0 Å². The van der Waals surface area contributed by atoms with Gasteiger partial charge in [0.25, 0.3) is 5.91 Å². The lowest BCUT2D eigenvalue weighted by molar-refractivity contribution is -0.124. The zero-order chi connectivity index (χ0) is 18.7. The average Bonchev–Trinajstić information content (AvgIpc) is 2.95. The predicted molar refractivity (Wildman–Crippen MR) is 108 cm³/mol. The van der Waals surface area contributed by atoms with E-state index in [4.69, 9.17) is 26.4 Å². The molecule has 0 unspecified atom stereocenters. The number of ether oxygens (including phenoxy) is 3. The zero-order valence-electron chi connectivity index (χ0n) is 15.2. The first-order valence-corrected chi connectivity index (χ1v) is 9.89. The summed E-state index contributed by atoms with van der Waals surface area (Å²) in [6, 6.07) is 3.89. The number of hydrogen-bond acceptors (Lipinski definition) is 6. The van der Waals surface area contributed by atoms with E-state index in [0.29, 0.717) is 26.5 Å². The van der Waals surface area contributed by atoms with Crippen molar-refractivity contribution in [3.8, 4) is 17.2 Å². The van der Waals surface area contributed by atoms with E-state index >= 15 is 0 Å². The molecule has 1 aromatic carbocycles. The molecule has 0 aromatic heterocycles. The Morgan fingerprint density at radius 3 is 2.38 bits per heavy atom. The Morgan fingerprint density at radius 2 is 1.77 bits per heavy atom. The molecule has 0 N–H and O–H groups in total. The summed E-state index contributed by atoms with van der Waals surface area (Å²) in [6.07, 6.45) is 7.43. The van der Waals surface area contributed by atoms with E-state index in [-0.39, 0.29) is 11.9 Å². The van der Waals surface area contributed by atoms with Crippen LogP contribution in [0.1, 0.15) is 37.7 Å². The van der Waals surface area contributed by atoms with Crippen molar-refractivity contribution in [2.45, 2.75) is 38.1 Å². The van der Waals surface area contributed by atoms with E-state index in [1.54, 1.807) is 32.3 Å². The first-order chi connectivity index (χ1) is 12.6. The van der Waals surface area contributed by atoms with Crippen molar-refractivity contribution in [2.75, 3.05) is 21.3 Å². The Morgan fingerprint density at radius 1 is 1.08 bits per heavy atom. The van der Waals surface area contributed by atoms with Gasteiger partial charge in [0.2, 0.25) is 5.75 Å². The summed E-state index contributed by atoms with van der Waals surface area (Å²) < 4.78 is 16.9. The number of benzene rings is 1. The molecular formula is C19H23NO4S2. The first-order valence-electron chi connectivity index (χ1n) is 8.66. The number of rotatable bonds is 5. The van der Waals surface area contributed by atoms with Crippen molar-refractivity contribution >= 4 is 40.3 Å². The molecule has 7 heteroatoms. The molecule has 1 saturated carbocycles. The zero-order valence-corrected chi connectivity index (χ0v) is 16.9. The molecule has 140 valence electrons. The molecule has 3 rings (SSSR count). The van der Waals surface area contributed by atoms with Crippen LogP contribution in [0.3, 0.4) is 0 Å². The van der Waals surface area contributed by atoms with Gasteiger partial charge in [-0.3, -0.25) is 9.69 Å². The molecule has 0 bridgehead atoms. The summed E-state index contributed by atoms with van der Waals surface area (Å²) in [5, 5.41) is 0. The lowest BCUT2D eigenvalue weighted by atomic mass is 9.94. The molecule has 0 atom stereocenters. The number of nitrogens with zero attached hydrogens (tertiary/aromatic N) is 1. The van der Waals surface area contributed by atoms with Crippen LogP contribution >= 0.6 is 24.0 Å². The first kappa shape index (κ1) is 19.0. The summed E-state index contributed by atoms with van der Waals surface area (Å²) in [4.78, 5) is 15.4. The summed E-state index contributed by atoms with van der Waals surface area (Å²) in [6.45, 7) is 0. The standard InChI is InChI=1S/C19H23NO4S2/c1-22-14-10-9-12(16(23-2)17(14)24-3)11-15-18(21)20(19(25)26-15)13-7-5-4-6-8-13/h9-11,13H,4-8H2,1-3H3. The minimum absolute atomic E-state index is 0.0104. The van der Waals surface area contributed by atoms with Gasteiger partial charge in [0.05, 0.1) is 26.2 Å². The second-order valence-corrected chi connectivity index (χ2v) is 7.94.